The van der Waals surface area contributed by atoms with Gasteiger partial charge in [-0.15, -0.1) is 0 Å². The lowest BCUT2D eigenvalue weighted by Crippen LogP contribution is -2.34. The van der Waals surface area contributed by atoms with E-state index in [-0.39, 0.29) is 17.3 Å². The second-order valence-electron chi connectivity index (χ2n) is 6.67. The number of aryl methyl sites for hydroxylation is 2. The van der Waals surface area contributed by atoms with E-state index >= 15 is 0 Å². The quantitative estimate of drug-likeness (QED) is 0.765. The van der Waals surface area contributed by atoms with Crippen LogP contribution in [0.2, 0.25) is 0 Å². The van der Waals surface area contributed by atoms with Gasteiger partial charge in [-0.1, -0.05) is 0 Å². The molecule has 1 saturated heterocycles. The third-order valence-electron chi connectivity index (χ3n) is 3.88. The Morgan fingerprint density at radius 1 is 1.26 bits per heavy atom. The Morgan fingerprint density at radius 3 is 2.37 bits per heavy atom. The lowest BCUT2D eigenvalue weighted by Gasteiger charge is -2.26. The molecule has 0 bridgehead atoms. The van der Waals surface area contributed by atoms with E-state index in [0.717, 1.165) is 23.4 Å². The summed E-state index contributed by atoms with van der Waals surface area (Å²) in [6.45, 7) is 11.9. The molecule has 19 heavy (non-hydrogen) atoms. The van der Waals surface area contributed by atoms with Crippen LogP contribution in [-0.4, -0.2) is 22.0 Å². The molecule has 1 atom stereocenters. The monoisotopic (exact) mass is 261 g/mol. The van der Waals surface area contributed by atoms with E-state index in [2.05, 4.69) is 4.98 Å². The minimum Gasteiger partial charge on any atom is -0.369 e. The number of carbonyl (C=O) groups excluding carboxylic acids is 1. The standard InChI is InChI=1S/C16H23NO2/c1-10-7-8-12(11(2)17-10)14(18)13-9-15(3,4)19-16(13,5)6/h7-8,13H,9H2,1-6H3. The highest BCUT2D eigenvalue weighted by atomic mass is 16.5. The van der Waals surface area contributed by atoms with Crippen LogP contribution in [0.1, 0.15) is 55.9 Å². The number of ether oxygens (including phenoxy) is 1. The third kappa shape index (κ3) is 2.71. The number of hydrogen-bond donors (Lipinski definition) is 0. The van der Waals surface area contributed by atoms with E-state index in [1.807, 2.05) is 53.7 Å². The summed E-state index contributed by atoms with van der Waals surface area (Å²) in [5, 5.41) is 0. The number of pyridine rings is 1. The molecule has 0 radical (unpaired) electrons. The zero-order chi connectivity index (χ0) is 14.4. The van der Waals surface area contributed by atoms with Gasteiger partial charge in [0, 0.05) is 17.0 Å². The van der Waals surface area contributed by atoms with Gasteiger partial charge in [0.05, 0.1) is 17.1 Å². The Labute approximate surface area is 115 Å². The van der Waals surface area contributed by atoms with E-state index in [4.69, 9.17) is 4.74 Å². The number of Topliss-reactive ketones (excluding diaryl/α,β-unsaturated/α-hetero) is 1. The first-order chi connectivity index (χ1) is 8.62. The second-order valence-corrected chi connectivity index (χ2v) is 6.67. The van der Waals surface area contributed by atoms with Crippen molar-refractivity contribution in [1.82, 2.24) is 4.98 Å². The van der Waals surface area contributed by atoms with Gasteiger partial charge < -0.3 is 4.74 Å². The van der Waals surface area contributed by atoms with E-state index in [0.29, 0.717) is 0 Å². The molecule has 0 N–H and O–H groups in total. The topological polar surface area (TPSA) is 39.2 Å². The van der Waals surface area contributed by atoms with Crippen LogP contribution in [0.15, 0.2) is 12.1 Å². The summed E-state index contributed by atoms with van der Waals surface area (Å²) < 4.78 is 6.01. The normalized spacial score (nSPS) is 24.4. The highest BCUT2D eigenvalue weighted by molar-refractivity contribution is 5.99. The van der Waals surface area contributed by atoms with Crippen LogP contribution in [0.5, 0.6) is 0 Å². The molecule has 104 valence electrons. The Kier molecular flexibility index (Phi) is 3.29. The van der Waals surface area contributed by atoms with Crippen molar-refractivity contribution in [3.05, 3.63) is 29.1 Å². The van der Waals surface area contributed by atoms with Crippen LogP contribution in [0.25, 0.3) is 0 Å². The fourth-order valence-electron chi connectivity index (χ4n) is 3.11. The van der Waals surface area contributed by atoms with E-state index in [9.17, 15) is 4.79 Å². The fourth-order valence-corrected chi connectivity index (χ4v) is 3.11. The molecular weight excluding hydrogens is 238 g/mol. The summed E-state index contributed by atoms with van der Waals surface area (Å²) in [5.74, 6) is 0.0475. The number of ketones is 1. The van der Waals surface area contributed by atoms with Gasteiger partial charge in [0.25, 0.3) is 0 Å². The lowest BCUT2D eigenvalue weighted by molar-refractivity contribution is -0.0712. The summed E-state index contributed by atoms with van der Waals surface area (Å²) in [6.07, 6.45) is 0.756. The van der Waals surface area contributed by atoms with Crippen molar-refractivity contribution in [3.8, 4) is 0 Å². The van der Waals surface area contributed by atoms with Gasteiger partial charge in [0.2, 0.25) is 0 Å². The molecule has 0 spiro atoms. The van der Waals surface area contributed by atoms with E-state index < -0.39 is 5.60 Å². The van der Waals surface area contributed by atoms with Gasteiger partial charge in [-0.05, 0) is 60.1 Å². The van der Waals surface area contributed by atoms with Crippen molar-refractivity contribution in [2.45, 2.75) is 59.2 Å². The van der Waals surface area contributed by atoms with Crippen molar-refractivity contribution < 1.29 is 9.53 Å². The van der Waals surface area contributed by atoms with Crippen molar-refractivity contribution in [2.75, 3.05) is 0 Å². The van der Waals surface area contributed by atoms with E-state index in [1.54, 1.807) is 0 Å². The average molecular weight is 261 g/mol. The molecule has 1 fully saturated rings. The van der Waals surface area contributed by atoms with Crippen LogP contribution in [0, 0.1) is 19.8 Å². The highest BCUT2D eigenvalue weighted by Gasteiger charge is 2.49. The molecule has 1 aliphatic rings. The van der Waals surface area contributed by atoms with Crippen molar-refractivity contribution in [2.24, 2.45) is 5.92 Å². The summed E-state index contributed by atoms with van der Waals surface area (Å²) in [4.78, 5) is 17.2. The first kappa shape index (κ1) is 14.2. The molecule has 3 heteroatoms. The zero-order valence-electron chi connectivity index (χ0n) is 12.7. The van der Waals surface area contributed by atoms with Gasteiger partial charge in [-0.25, -0.2) is 0 Å². The lowest BCUT2D eigenvalue weighted by atomic mass is 9.81. The second kappa shape index (κ2) is 4.41. The average Bonchev–Trinajstić information content (AvgIpc) is 2.45. The molecule has 0 aliphatic carbocycles. The van der Waals surface area contributed by atoms with Gasteiger partial charge >= 0.3 is 0 Å². The number of carbonyl (C=O) groups is 1. The maximum absolute atomic E-state index is 12.8. The van der Waals surface area contributed by atoms with Crippen molar-refractivity contribution >= 4 is 5.78 Å². The Hall–Kier alpha value is -1.22. The number of nitrogens with zero attached hydrogens (tertiary/aromatic N) is 1. The van der Waals surface area contributed by atoms with Crippen LogP contribution >= 0.6 is 0 Å². The molecule has 1 aromatic heterocycles. The molecule has 1 aliphatic heterocycles. The molecule has 2 rings (SSSR count). The largest absolute Gasteiger partial charge is 0.369 e. The molecule has 1 aromatic rings. The van der Waals surface area contributed by atoms with Crippen LogP contribution < -0.4 is 0 Å². The van der Waals surface area contributed by atoms with Crippen LogP contribution in [0.3, 0.4) is 0 Å². The predicted octanol–water partition coefficient (Wildman–Crippen LogP) is 3.47. The Morgan fingerprint density at radius 2 is 1.89 bits per heavy atom. The molecule has 0 aromatic carbocycles. The van der Waals surface area contributed by atoms with Gasteiger partial charge in [-0.2, -0.15) is 0 Å². The Bertz CT molecular complexity index is 517. The third-order valence-corrected chi connectivity index (χ3v) is 3.88. The van der Waals surface area contributed by atoms with E-state index in [1.165, 1.54) is 0 Å². The number of rotatable bonds is 2. The maximum Gasteiger partial charge on any atom is 0.170 e. The maximum atomic E-state index is 12.8. The Balaban J connectivity index is 2.34. The predicted molar refractivity (Wildman–Crippen MR) is 75.4 cm³/mol. The van der Waals surface area contributed by atoms with Crippen LogP contribution in [-0.2, 0) is 4.74 Å². The molecule has 2 heterocycles. The molecular formula is C16H23NO2. The summed E-state index contributed by atoms with van der Waals surface area (Å²) >= 11 is 0. The molecule has 0 amide bonds. The molecule has 0 saturated carbocycles. The summed E-state index contributed by atoms with van der Waals surface area (Å²) in [6, 6.07) is 3.79. The van der Waals surface area contributed by atoms with Crippen LogP contribution in [0.4, 0.5) is 0 Å². The minimum atomic E-state index is -0.419. The molecule has 3 nitrogen and oxygen atoms in total. The van der Waals surface area contributed by atoms with Gasteiger partial charge in [0.15, 0.2) is 5.78 Å². The smallest absolute Gasteiger partial charge is 0.170 e. The number of aromatic nitrogens is 1. The zero-order valence-corrected chi connectivity index (χ0v) is 12.7. The number of hydrogen-bond acceptors (Lipinski definition) is 3. The first-order valence-corrected chi connectivity index (χ1v) is 6.81. The molecule has 1 unspecified atom stereocenters. The van der Waals surface area contributed by atoms with Crippen molar-refractivity contribution in [3.63, 3.8) is 0 Å². The van der Waals surface area contributed by atoms with Gasteiger partial charge in [-0.3, -0.25) is 9.78 Å². The fraction of sp³-hybridized carbons (Fsp3) is 0.625. The van der Waals surface area contributed by atoms with Gasteiger partial charge in [0.1, 0.15) is 0 Å². The highest BCUT2D eigenvalue weighted by Crippen LogP contribution is 2.43. The summed E-state index contributed by atoms with van der Waals surface area (Å²) in [7, 11) is 0. The van der Waals surface area contributed by atoms with Crippen molar-refractivity contribution in [1.29, 1.82) is 0 Å². The summed E-state index contributed by atoms with van der Waals surface area (Å²) in [5.41, 5.74) is 1.82. The minimum absolute atomic E-state index is 0.106. The SMILES string of the molecule is Cc1ccc(C(=O)C2CC(C)(C)OC2(C)C)c(C)n1. The first-order valence-electron chi connectivity index (χ1n) is 6.81.